The van der Waals surface area contributed by atoms with Gasteiger partial charge in [0.15, 0.2) is 0 Å². The molecule has 0 spiro atoms. The number of carboxylic acid groups (broad SMARTS) is 1. The third kappa shape index (κ3) is 3.00. The first-order valence-electron chi connectivity index (χ1n) is 5.09. The number of benzene rings is 1. The van der Waals surface area contributed by atoms with E-state index in [0.717, 1.165) is 0 Å². The number of aromatic carboxylic acids is 1. The number of halogens is 2. The van der Waals surface area contributed by atoms with E-state index in [-0.39, 0.29) is 27.4 Å². The SMILES string of the molecule is Nc1cnc(Oc2ccc(F)c(Br)c2)c(C(=O)O)c1. The van der Waals surface area contributed by atoms with Gasteiger partial charge in [-0.15, -0.1) is 0 Å². The summed E-state index contributed by atoms with van der Waals surface area (Å²) in [5.74, 6) is -1.51. The van der Waals surface area contributed by atoms with Crippen LogP contribution in [0.4, 0.5) is 10.1 Å². The quantitative estimate of drug-likeness (QED) is 0.905. The topological polar surface area (TPSA) is 85.4 Å². The molecule has 2 rings (SSSR count). The standard InChI is InChI=1S/C12H8BrFN2O3/c13-9-4-7(1-2-10(9)14)19-11-8(12(17)18)3-6(15)5-16-11/h1-5H,15H2,(H,17,18). The second kappa shape index (κ2) is 5.23. The van der Waals surface area contributed by atoms with Crippen molar-refractivity contribution in [3.63, 3.8) is 0 Å². The molecular weight excluding hydrogens is 319 g/mol. The molecule has 1 aromatic carbocycles. The fourth-order valence-corrected chi connectivity index (χ4v) is 1.71. The average Bonchev–Trinajstić information content (AvgIpc) is 2.36. The molecule has 0 aliphatic heterocycles. The van der Waals surface area contributed by atoms with Crippen LogP contribution in [-0.4, -0.2) is 16.1 Å². The van der Waals surface area contributed by atoms with E-state index < -0.39 is 11.8 Å². The van der Waals surface area contributed by atoms with Crippen molar-refractivity contribution in [2.75, 3.05) is 5.73 Å². The number of aromatic nitrogens is 1. The van der Waals surface area contributed by atoms with Gasteiger partial charge in [-0.3, -0.25) is 0 Å². The zero-order valence-corrected chi connectivity index (χ0v) is 11.0. The van der Waals surface area contributed by atoms with Crippen LogP contribution in [-0.2, 0) is 0 Å². The normalized spacial score (nSPS) is 10.2. The molecule has 0 fully saturated rings. The van der Waals surface area contributed by atoms with E-state index in [1.807, 2.05) is 0 Å². The number of hydrogen-bond acceptors (Lipinski definition) is 4. The van der Waals surface area contributed by atoms with Gasteiger partial charge in [-0.1, -0.05) is 0 Å². The Morgan fingerprint density at radius 1 is 1.42 bits per heavy atom. The van der Waals surface area contributed by atoms with E-state index in [9.17, 15) is 9.18 Å². The zero-order valence-electron chi connectivity index (χ0n) is 9.43. The highest BCUT2D eigenvalue weighted by Gasteiger charge is 2.14. The summed E-state index contributed by atoms with van der Waals surface area (Å²) < 4.78 is 18.6. The van der Waals surface area contributed by atoms with Gasteiger partial charge in [0.25, 0.3) is 0 Å². The predicted octanol–water partition coefficient (Wildman–Crippen LogP) is 3.06. The van der Waals surface area contributed by atoms with Gasteiger partial charge in [0.1, 0.15) is 17.1 Å². The summed E-state index contributed by atoms with van der Waals surface area (Å²) in [6.45, 7) is 0. The Labute approximate surface area is 116 Å². The Hall–Kier alpha value is -2.15. The van der Waals surface area contributed by atoms with Crippen LogP contribution in [0.3, 0.4) is 0 Å². The van der Waals surface area contributed by atoms with Gasteiger partial charge in [-0.05, 0) is 40.2 Å². The average molecular weight is 327 g/mol. The number of carboxylic acids is 1. The molecule has 1 aromatic heterocycles. The first-order chi connectivity index (χ1) is 8.97. The number of carbonyl (C=O) groups is 1. The number of ether oxygens (including phenoxy) is 1. The molecule has 0 aliphatic carbocycles. The molecule has 2 aromatic rings. The largest absolute Gasteiger partial charge is 0.477 e. The first-order valence-corrected chi connectivity index (χ1v) is 5.88. The van der Waals surface area contributed by atoms with Crippen molar-refractivity contribution >= 4 is 27.6 Å². The van der Waals surface area contributed by atoms with Crippen molar-refractivity contribution in [1.29, 1.82) is 0 Å². The minimum absolute atomic E-state index is 0.111. The van der Waals surface area contributed by atoms with Crippen LogP contribution in [0.2, 0.25) is 0 Å². The third-order valence-electron chi connectivity index (χ3n) is 2.21. The van der Waals surface area contributed by atoms with Gasteiger partial charge < -0.3 is 15.6 Å². The molecular formula is C12H8BrFN2O3. The minimum Gasteiger partial charge on any atom is -0.477 e. The van der Waals surface area contributed by atoms with Crippen LogP contribution >= 0.6 is 15.9 Å². The Balaban J connectivity index is 2.37. The van der Waals surface area contributed by atoms with Crippen LogP contribution in [0.1, 0.15) is 10.4 Å². The van der Waals surface area contributed by atoms with E-state index in [1.54, 1.807) is 0 Å². The van der Waals surface area contributed by atoms with Gasteiger partial charge in [0.05, 0.1) is 16.4 Å². The maximum atomic E-state index is 13.1. The Kier molecular flexibility index (Phi) is 3.66. The molecule has 0 radical (unpaired) electrons. The van der Waals surface area contributed by atoms with Crippen molar-refractivity contribution in [2.24, 2.45) is 0 Å². The van der Waals surface area contributed by atoms with Gasteiger partial charge in [-0.2, -0.15) is 0 Å². The molecule has 7 heteroatoms. The lowest BCUT2D eigenvalue weighted by atomic mass is 10.2. The summed E-state index contributed by atoms with van der Waals surface area (Å²) in [5.41, 5.74) is 5.51. The maximum Gasteiger partial charge on any atom is 0.341 e. The molecule has 0 saturated carbocycles. The molecule has 0 amide bonds. The summed E-state index contributed by atoms with van der Waals surface area (Å²) in [6.07, 6.45) is 1.28. The van der Waals surface area contributed by atoms with Gasteiger partial charge >= 0.3 is 5.97 Å². The maximum absolute atomic E-state index is 13.1. The summed E-state index contributed by atoms with van der Waals surface area (Å²) in [7, 11) is 0. The monoisotopic (exact) mass is 326 g/mol. The molecule has 98 valence electrons. The number of nitrogens with zero attached hydrogens (tertiary/aromatic N) is 1. The molecule has 0 aliphatic rings. The third-order valence-corrected chi connectivity index (χ3v) is 2.82. The second-order valence-electron chi connectivity index (χ2n) is 3.60. The molecule has 0 bridgehead atoms. The van der Waals surface area contributed by atoms with Crippen LogP contribution in [0, 0.1) is 5.82 Å². The zero-order chi connectivity index (χ0) is 14.0. The van der Waals surface area contributed by atoms with Gasteiger partial charge in [-0.25, -0.2) is 14.2 Å². The van der Waals surface area contributed by atoms with Crippen LogP contribution in [0.15, 0.2) is 34.9 Å². The summed E-state index contributed by atoms with van der Waals surface area (Å²) in [5, 5.41) is 9.02. The van der Waals surface area contributed by atoms with Crippen molar-refractivity contribution in [3.05, 3.63) is 46.3 Å². The Morgan fingerprint density at radius 2 is 2.16 bits per heavy atom. The number of rotatable bonds is 3. The van der Waals surface area contributed by atoms with E-state index in [0.29, 0.717) is 0 Å². The molecule has 3 N–H and O–H groups in total. The lowest BCUT2D eigenvalue weighted by Crippen LogP contribution is -2.03. The van der Waals surface area contributed by atoms with Crippen LogP contribution < -0.4 is 10.5 Å². The molecule has 1 heterocycles. The predicted molar refractivity (Wildman–Crippen MR) is 69.8 cm³/mol. The fraction of sp³-hybridized carbons (Fsp3) is 0. The van der Waals surface area contributed by atoms with Crippen molar-refractivity contribution < 1.29 is 19.0 Å². The Bertz CT molecular complexity index is 649. The molecule has 5 nitrogen and oxygen atoms in total. The number of anilines is 1. The number of hydrogen-bond donors (Lipinski definition) is 2. The van der Waals surface area contributed by atoms with Gasteiger partial charge in [0, 0.05) is 0 Å². The van der Waals surface area contributed by atoms with Crippen LogP contribution in [0.5, 0.6) is 11.6 Å². The lowest BCUT2D eigenvalue weighted by molar-refractivity contribution is 0.0693. The number of nitrogen functional groups attached to an aromatic ring is 1. The minimum atomic E-state index is -1.21. The number of pyridine rings is 1. The summed E-state index contributed by atoms with van der Waals surface area (Å²) in [4.78, 5) is 14.9. The van der Waals surface area contributed by atoms with E-state index in [2.05, 4.69) is 20.9 Å². The van der Waals surface area contributed by atoms with Gasteiger partial charge in [0.2, 0.25) is 5.88 Å². The smallest absolute Gasteiger partial charge is 0.341 e. The second-order valence-corrected chi connectivity index (χ2v) is 4.46. The van der Waals surface area contributed by atoms with Crippen molar-refractivity contribution in [2.45, 2.75) is 0 Å². The van der Waals surface area contributed by atoms with E-state index in [1.165, 1.54) is 30.5 Å². The number of nitrogens with two attached hydrogens (primary N) is 1. The highest BCUT2D eigenvalue weighted by Crippen LogP contribution is 2.28. The fourth-order valence-electron chi connectivity index (χ4n) is 1.35. The lowest BCUT2D eigenvalue weighted by Gasteiger charge is -2.08. The summed E-state index contributed by atoms with van der Waals surface area (Å²) in [6, 6.07) is 5.17. The van der Waals surface area contributed by atoms with E-state index >= 15 is 0 Å². The molecule has 0 saturated heterocycles. The van der Waals surface area contributed by atoms with E-state index in [4.69, 9.17) is 15.6 Å². The van der Waals surface area contributed by atoms with Crippen molar-refractivity contribution in [3.8, 4) is 11.6 Å². The van der Waals surface area contributed by atoms with Crippen LogP contribution in [0.25, 0.3) is 0 Å². The summed E-state index contributed by atoms with van der Waals surface area (Å²) >= 11 is 3.01. The first kappa shape index (κ1) is 13.3. The Morgan fingerprint density at radius 3 is 2.79 bits per heavy atom. The highest BCUT2D eigenvalue weighted by molar-refractivity contribution is 9.10. The molecule has 0 atom stereocenters. The van der Waals surface area contributed by atoms with Crippen molar-refractivity contribution in [1.82, 2.24) is 4.98 Å². The highest BCUT2D eigenvalue weighted by atomic mass is 79.9. The molecule has 19 heavy (non-hydrogen) atoms. The molecule has 0 unspecified atom stereocenters.